The molecule has 0 radical (unpaired) electrons. The van der Waals surface area contributed by atoms with E-state index in [0.717, 1.165) is 11.5 Å². The highest BCUT2D eigenvalue weighted by atomic mass is 32.2. The van der Waals surface area contributed by atoms with Crippen LogP contribution in [0.3, 0.4) is 0 Å². The number of rotatable bonds is 0. The Morgan fingerprint density at radius 3 is 1.50 bits per heavy atom. The van der Waals surface area contributed by atoms with Crippen LogP contribution in [0.15, 0.2) is 34.1 Å². The minimum atomic E-state index is 0.985. The molecule has 0 bridgehead atoms. The second kappa shape index (κ2) is 4.06. The predicted octanol–water partition coefficient (Wildman–Crippen LogP) is 5.18. The fraction of sp³-hybridized carbons (Fsp3) is 0.250. The first-order chi connectivity index (χ1) is 8.54. The standard InChI is InChI=1S/C16H16OS/c1-9-5-13-15(7-11(9)3)18-16-8-12(4)10(2)6-14(16)17-13/h5-8H,1-4H3. The van der Waals surface area contributed by atoms with Crippen molar-refractivity contribution in [2.75, 3.05) is 0 Å². The smallest absolute Gasteiger partial charge is 0.141 e. The maximum Gasteiger partial charge on any atom is 0.141 e. The molecule has 0 atom stereocenters. The lowest BCUT2D eigenvalue weighted by Crippen LogP contribution is -1.98. The molecule has 1 aliphatic rings. The first-order valence-corrected chi connectivity index (χ1v) is 6.94. The quantitative estimate of drug-likeness (QED) is 0.548. The molecule has 2 aromatic rings. The Morgan fingerprint density at radius 2 is 1.06 bits per heavy atom. The number of aryl methyl sites for hydroxylation is 4. The van der Waals surface area contributed by atoms with Crippen LogP contribution in [-0.4, -0.2) is 0 Å². The molecule has 0 unspecified atom stereocenters. The third-order valence-electron chi connectivity index (χ3n) is 3.56. The van der Waals surface area contributed by atoms with Crippen molar-refractivity contribution >= 4 is 11.8 Å². The first kappa shape index (κ1) is 11.7. The molecular weight excluding hydrogens is 240 g/mol. The van der Waals surface area contributed by atoms with Crippen LogP contribution in [-0.2, 0) is 0 Å². The Bertz CT molecular complexity index is 533. The molecule has 1 aliphatic heterocycles. The van der Waals surface area contributed by atoms with E-state index in [2.05, 4.69) is 52.0 Å². The van der Waals surface area contributed by atoms with Gasteiger partial charge < -0.3 is 4.74 Å². The van der Waals surface area contributed by atoms with E-state index < -0.39 is 0 Å². The Morgan fingerprint density at radius 1 is 0.667 bits per heavy atom. The molecular formula is C16H16OS. The van der Waals surface area contributed by atoms with Crippen molar-refractivity contribution in [1.29, 1.82) is 0 Å². The van der Waals surface area contributed by atoms with Gasteiger partial charge in [0.05, 0.1) is 9.79 Å². The molecule has 1 heterocycles. The van der Waals surface area contributed by atoms with Crippen molar-refractivity contribution in [3.63, 3.8) is 0 Å². The molecule has 0 fully saturated rings. The van der Waals surface area contributed by atoms with E-state index in [9.17, 15) is 0 Å². The van der Waals surface area contributed by atoms with Gasteiger partial charge in [-0.15, -0.1) is 0 Å². The summed E-state index contributed by atoms with van der Waals surface area (Å²) in [5, 5.41) is 0. The fourth-order valence-corrected chi connectivity index (χ4v) is 3.19. The van der Waals surface area contributed by atoms with Gasteiger partial charge in [0.25, 0.3) is 0 Å². The average molecular weight is 256 g/mol. The minimum absolute atomic E-state index is 0.985. The van der Waals surface area contributed by atoms with E-state index in [1.54, 1.807) is 11.8 Å². The lowest BCUT2D eigenvalue weighted by Gasteiger charge is -2.22. The summed E-state index contributed by atoms with van der Waals surface area (Å²) < 4.78 is 6.03. The number of benzene rings is 2. The fourth-order valence-electron chi connectivity index (χ4n) is 2.08. The van der Waals surface area contributed by atoms with Crippen molar-refractivity contribution in [2.45, 2.75) is 37.5 Å². The monoisotopic (exact) mass is 256 g/mol. The number of hydrogen-bond acceptors (Lipinski definition) is 2. The predicted molar refractivity (Wildman–Crippen MR) is 76.0 cm³/mol. The first-order valence-electron chi connectivity index (χ1n) is 6.13. The van der Waals surface area contributed by atoms with Crippen LogP contribution >= 0.6 is 11.8 Å². The zero-order chi connectivity index (χ0) is 12.9. The molecule has 0 aromatic heterocycles. The molecule has 0 spiro atoms. The lowest BCUT2D eigenvalue weighted by atomic mass is 10.1. The van der Waals surface area contributed by atoms with Crippen molar-refractivity contribution in [2.24, 2.45) is 0 Å². The summed E-state index contributed by atoms with van der Waals surface area (Å²) in [6.45, 7) is 8.54. The summed E-state index contributed by atoms with van der Waals surface area (Å²) in [5.74, 6) is 1.97. The van der Waals surface area contributed by atoms with E-state index in [1.807, 2.05) is 0 Å². The van der Waals surface area contributed by atoms with Crippen molar-refractivity contribution < 1.29 is 4.74 Å². The van der Waals surface area contributed by atoms with E-state index in [1.165, 1.54) is 32.0 Å². The topological polar surface area (TPSA) is 9.23 Å². The van der Waals surface area contributed by atoms with Crippen LogP contribution in [0.5, 0.6) is 11.5 Å². The maximum atomic E-state index is 6.03. The van der Waals surface area contributed by atoms with Gasteiger partial charge in [-0.25, -0.2) is 0 Å². The highest BCUT2D eigenvalue weighted by Crippen LogP contribution is 2.48. The second-order valence-corrected chi connectivity index (χ2v) is 6.05. The van der Waals surface area contributed by atoms with Crippen LogP contribution in [0.2, 0.25) is 0 Å². The average Bonchev–Trinajstić information content (AvgIpc) is 2.31. The maximum absolute atomic E-state index is 6.03. The molecule has 18 heavy (non-hydrogen) atoms. The van der Waals surface area contributed by atoms with Crippen LogP contribution in [0.4, 0.5) is 0 Å². The molecule has 0 amide bonds. The normalized spacial score (nSPS) is 12.7. The SMILES string of the molecule is Cc1cc2c(cc1C)Sc1cc(C)c(C)cc1O2. The van der Waals surface area contributed by atoms with Crippen LogP contribution < -0.4 is 4.74 Å². The molecule has 92 valence electrons. The highest BCUT2D eigenvalue weighted by Gasteiger charge is 2.19. The van der Waals surface area contributed by atoms with Crippen molar-refractivity contribution in [3.05, 3.63) is 46.5 Å². The van der Waals surface area contributed by atoms with Crippen molar-refractivity contribution in [3.8, 4) is 11.5 Å². The minimum Gasteiger partial charge on any atom is -0.455 e. The van der Waals surface area contributed by atoms with Gasteiger partial charge in [0.1, 0.15) is 11.5 Å². The van der Waals surface area contributed by atoms with Gasteiger partial charge in [-0.2, -0.15) is 0 Å². The number of hydrogen-bond donors (Lipinski definition) is 0. The highest BCUT2D eigenvalue weighted by molar-refractivity contribution is 7.99. The van der Waals surface area contributed by atoms with E-state index >= 15 is 0 Å². The Labute approximate surface area is 112 Å². The molecule has 3 rings (SSSR count). The van der Waals surface area contributed by atoms with E-state index in [-0.39, 0.29) is 0 Å². The van der Waals surface area contributed by atoms with Crippen LogP contribution in [0, 0.1) is 27.7 Å². The molecule has 0 saturated carbocycles. The summed E-state index contributed by atoms with van der Waals surface area (Å²) in [7, 11) is 0. The summed E-state index contributed by atoms with van der Waals surface area (Å²) in [4.78, 5) is 2.43. The lowest BCUT2D eigenvalue weighted by molar-refractivity contribution is 0.453. The third kappa shape index (κ3) is 1.81. The van der Waals surface area contributed by atoms with Gasteiger partial charge in [-0.3, -0.25) is 0 Å². The van der Waals surface area contributed by atoms with E-state index in [0.29, 0.717) is 0 Å². The van der Waals surface area contributed by atoms with E-state index in [4.69, 9.17) is 4.74 Å². The molecule has 2 heteroatoms. The van der Waals surface area contributed by atoms with Gasteiger partial charge in [0, 0.05) is 0 Å². The zero-order valence-corrected chi connectivity index (χ0v) is 11.9. The molecule has 2 aromatic carbocycles. The largest absolute Gasteiger partial charge is 0.455 e. The summed E-state index contributed by atoms with van der Waals surface area (Å²) in [6, 6.07) is 8.70. The number of fused-ring (bicyclic) bond motifs is 2. The van der Waals surface area contributed by atoms with Crippen LogP contribution in [0.1, 0.15) is 22.3 Å². The van der Waals surface area contributed by atoms with Gasteiger partial charge in [0.2, 0.25) is 0 Å². The molecule has 0 aliphatic carbocycles. The summed E-state index contributed by atoms with van der Waals surface area (Å²) in [6.07, 6.45) is 0. The molecule has 1 nitrogen and oxygen atoms in total. The molecule has 0 N–H and O–H groups in total. The Hall–Kier alpha value is -1.41. The second-order valence-electron chi connectivity index (χ2n) is 4.97. The Kier molecular flexibility index (Phi) is 2.63. The van der Waals surface area contributed by atoms with Gasteiger partial charge in [0.15, 0.2) is 0 Å². The van der Waals surface area contributed by atoms with Crippen LogP contribution in [0.25, 0.3) is 0 Å². The summed E-state index contributed by atoms with van der Waals surface area (Å²) >= 11 is 1.80. The van der Waals surface area contributed by atoms with Gasteiger partial charge in [-0.1, -0.05) is 11.8 Å². The number of ether oxygens (including phenoxy) is 1. The Balaban J connectivity index is 2.12. The van der Waals surface area contributed by atoms with Gasteiger partial charge >= 0.3 is 0 Å². The van der Waals surface area contributed by atoms with Gasteiger partial charge in [-0.05, 0) is 74.2 Å². The zero-order valence-electron chi connectivity index (χ0n) is 11.1. The third-order valence-corrected chi connectivity index (χ3v) is 4.64. The summed E-state index contributed by atoms with van der Waals surface area (Å²) in [5.41, 5.74) is 5.19. The molecule has 0 saturated heterocycles. The van der Waals surface area contributed by atoms with Crippen molar-refractivity contribution in [1.82, 2.24) is 0 Å².